The molecule has 0 amide bonds. The normalized spacial score (nSPS) is 44.7. The first-order valence-electron chi connectivity index (χ1n) is 8.95. The molecule has 2 N–H and O–H groups in total. The highest BCUT2D eigenvalue weighted by Gasteiger charge is 2.37. The predicted octanol–water partition coefficient (Wildman–Crippen LogP) is 2.88. The number of hydrogen-bond donors (Lipinski definition) is 2. The lowest BCUT2D eigenvalue weighted by molar-refractivity contribution is 0.0664. The zero-order valence-electron chi connectivity index (χ0n) is 13.2. The van der Waals surface area contributed by atoms with Crippen LogP contribution >= 0.6 is 23.5 Å². The molecule has 22 heavy (non-hydrogen) atoms. The van der Waals surface area contributed by atoms with E-state index in [1.165, 1.54) is 51.4 Å². The van der Waals surface area contributed by atoms with Crippen LogP contribution in [-0.2, 0) is 9.47 Å². The van der Waals surface area contributed by atoms with E-state index < -0.39 is 0 Å². The van der Waals surface area contributed by atoms with Gasteiger partial charge < -0.3 is 9.47 Å². The molecule has 6 unspecified atom stereocenters. The van der Waals surface area contributed by atoms with Crippen LogP contribution in [0.2, 0.25) is 0 Å². The molecule has 4 nitrogen and oxygen atoms in total. The Bertz CT molecular complexity index is 312. The van der Waals surface area contributed by atoms with Gasteiger partial charge in [-0.1, -0.05) is 25.7 Å². The summed E-state index contributed by atoms with van der Waals surface area (Å²) in [5.74, 6) is 2.25. The highest BCUT2D eigenvalue weighted by atomic mass is 32.2. The fourth-order valence-corrected chi connectivity index (χ4v) is 6.31. The quantitative estimate of drug-likeness (QED) is 0.748. The summed E-state index contributed by atoms with van der Waals surface area (Å²) in [4.78, 5) is 0. The summed E-state index contributed by atoms with van der Waals surface area (Å²) in [5.41, 5.74) is 0.433. The van der Waals surface area contributed by atoms with Gasteiger partial charge in [-0.3, -0.25) is 10.6 Å². The van der Waals surface area contributed by atoms with Crippen molar-refractivity contribution in [2.75, 3.05) is 11.5 Å². The summed E-state index contributed by atoms with van der Waals surface area (Å²) in [5, 5.41) is 7.29. The van der Waals surface area contributed by atoms with Gasteiger partial charge in [0, 0.05) is 23.6 Å². The molecule has 0 aromatic carbocycles. The first-order chi connectivity index (χ1) is 10.9. The molecule has 2 saturated carbocycles. The molecule has 0 radical (unpaired) electrons. The van der Waals surface area contributed by atoms with Gasteiger partial charge in [-0.25, -0.2) is 0 Å². The average Bonchev–Trinajstić information content (AvgIpc) is 3.14. The van der Waals surface area contributed by atoms with Crippen LogP contribution in [0, 0.1) is 0 Å². The third-order valence-corrected chi connectivity index (χ3v) is 7.56. The van der Waals surface area contributed by atoms with Crippen molar-refractivity contribution in [3.8, 4) is 0 Å². The molecule has 0 aromatic heterocycles. The van der Waals surface area contributed by atoms with Gasteiger partial charge in [0.1, 0.15) is 0 Å². The van der Waals surface area contributed by atoms with E-state index in [2.05, 4.69) is 10.6 Å². The molecule has 6 heteroatoms. The zero-order valence-corrected chi connectivity index (χ0v) is 14.8. The highest BCUT2D eigenvalue weighted by Crippen LogP contribution is 2.33. The number of fused-ring (bicyclic) bond motifs is 2. The fourth-order valence-electron chi connectivity index (χ4n) is 4.13. The molecule has 2 saturated heterocycles. The van der Waals surface area contributed by atoms with Crippen molar-refractivity contribution in [2.24, 2.45) is 0 Å². The van der Waals surface area contributed by atoms with E-state index in [0.717, 1.165) is 11.5 Å². The van der Waals surface area contributed by atoms with Crippen molar-refractivity contribution >= 4 is 23.5 Å². The van der Waals surface area contributed by atoms with Gasteiger partial charge in [-0.2, -0.15) is 0 Å². The first-order valence-corrected chi connectivity index (χ1v) is 11.0. The van der Waals surface area contributed by atoms with Gasteiger partial charge in [-0.15, -0.1) is 23.5 Å². The molecular formula is C16H28N2O2S2. The Hall–Kier alpha value is 0.540. The maximum atomic E-state index is 6.11. The van der Waals surface area contributed by atoms with E-state index in [0.29, 0.717) is 24.3 Å². The summed E-state index contributed by atoms with van der Waals surface area (Å²) < 4.78 is 12.2. The Morgan fingerprint density at radius 3 is 1.59 bits per heavy atom. The summed E-state index contributed by atoms with van der Waals surface area (Å²) in [7, 11) is 0. The Balaban J connectivity index is 1.12. The molecule has 2 aliphatic heterocycles. The van der Waals surface area contributed by atoms with E-state index in [9.17, 15) is 0 Å². The van der Waals surface area contributed by atoms with Crippen molar-refractivity contribution in [1.29, 1.82) is 0 Å². The van der Waals surface area contributed by atoms with Crippen LogP contribution in [0.5, 0.6) is 0 Å². The minimum absolute atomic E-state index is 0.216. The second-order valence-corrected chi connectivity index (χ2v) is 9.21. The summed E-state index contributed by atoms with van der Waals surface area (Å²) in [6.45, 7) is 0. The molecule has 6 atom stereocenters. The van der Waals surface area contributed by atoms with Crippen LogP contribution in [0.4, 0.5) is 0 Å². The standard InChI is InChI=1S/C16H28N2O2S2/c1-3-7-13-11(5-1)17-15(19-13)21-9-10-22-16-18-12-6-2-4-8-14(12)20-16/h11-18H,1-10H2. The third-order valence-electron chi connectivity index (χ3n) is 5.32. The van der Waals surface area contributed by atoms with Crippen LogP contribution in [0.15, 0.2) is 0 Å². The SMILES string of the molecule is C1CCC2OC(SCCSC3NC4CCCCC4O3)NC2C1. The van der Waals surface area contributed by atoms with Gasteiger partial charge in [0.2, 0.25) is 0 Å². The first kappa shape index (κ1) is 16.0. The number of rotatable bonds is 5. The van der Waals surface area contributed by atoms with Gasteiger partial charge in [0.15, 0.2) is 11.1 Å². The molecule has 0 spiro atoms. The second kappa shape index (κ2) is 7.62. The smallest absolute Gasteiger partial charge is 0.157 e. The Morgan fingerprint density at radius 2 is 1.14 bits per heavy atom. The van der Waals surface area contributed by atoms with Crippen LogP contribution in [-0.4, -0.2) is 46.9 Å². The number of hydrogen-bond acceptors (Lipinski definition) is 6. The van der Waals surface area contributed by atoms with Crippen molar-refractivity contribution in [3.63, 3.8) is 0 Å². The van der Waals surface area contributed by atoms with Gasteiger partial charge in [0.25, 0.3) is 0 Å². The summed E-state index contributed by atoms with van der Waals surface area (Å²) in [6.07, 6.45) is 11.4. The molecule has 4 fully saturated rings. The number of ether oxygens (including phenoxy) is 2. The van der Waals surface area contributed by atoms with Gasteiger partial charge in [0.05, 0.1) is 12.2 Å². The second-order valence-electron chi connectivity index (χ2n) is 6.87. The van der Waals surface area contributed by atoms with Crippen molar-refractivity contribution in [1.82, 2.24) is 10.6 Å². The van der Waals surface area contributed by atoms with Crippen LogP contribution in [0.3, 0.4) is 0 Å². The van der Waals surface area contributed by atoms with Crippen molar-refractivity contribution in [2.45, 2.75) is 86.8 Å². The molecule has 2 heterocycles. The lowest BCUT2D eigenvalue weighted by atomic mass is 9.93. The summed E-state index contributed by atoms with van der Waals surface area (Å²) >= 11 is 3.84. The van der Waals surface area contributed by atoms with E-state index >= 15 is 0 Å². The molecule has 0 bridgehead atoms. The van der Waals surface area contributed by atoms with E-state index in [1.54, 1.807) is 0 Å². The predicted molar refractivity (Wildman–Crippen MR) is 93.0 cm³/mol. The molecule has 2 aliphatic carbocycles. The minimum Gasteiger partial charge on any atom is -0.349 e. The van der Waals surface area contributed by atoms with Crippen LogP contribution < -0.4 is 10.6 Å². The molecule has 0 aromatic rings. The molecule has 126 valence electrons. The Morgan fingerprint density at radius 1 is 0.682 bits per heavy atom. The van der Waals surface area contributed by atoms with E-state index in [1.807, 2.05) is 23.5 Å². The molecule has 4 aliphatic rings. The Kier molecular flexibility index (Phi) is 5.55. The Labute approximate surface area is 142 Å². The highest BCUT2D eigenvalue weighted by molar-refractivity contribution is 8.03. The van der Waals surface area contributed by atoms with Gasteiger partial charge in [-0.05, 0) is 25.7 Å². The topological polar surface area (TPSA) is 42.5 Å². The fraction of sp³-hybridized carbons (Fsp3) is 1.00. The monoisotopic (exact) mass is 344 g/mol. The number of nitrogens with one attached hydrogen (secondary N) is 2. The van der Waals surface area contributed by atoms with Gasteiger partial charge >= 0.3 is 0 Å². The molecule has 4 rings (SSSR count). The average molecular weight is 345 g/mol. The third kappa shape index (κ3) is 3.78. The lowest BCUT2D eigenvalue weighted by Crippen LogP contribution is -2.34. The summed E-state index contributed by atoms with van der Waals surface area (Å²) in [6, 6.07) is 1.23. The lowest BCUT2D eigenvalue weighted by Gasteiger charge is -2.22. The minimum atomic E-state index is 0.216. The van der Waals surface area contributed by atoms with Crippen molar-refractivity contribution < 1.29 is 9.47 Å². The van der Waals surface area contributed by atoms with E-state index in [4.69, 9.17) is 9.47 Å². The van der Waals surface area contributed by atoms with E-state index in [-0.39, 0.29) is 11.1 Å². The number of thioether (sulfide) groups is 2. The van der Waals surface area contributed by atoms with Crippen LogP contribution in [0.25, 0.3) is 0 Å². The maximum absolute atomic E-state index is 6.11. The van der Waals surface area contributed by atoms with Crippen LogP contribution in [0.1, 0.15) is 51.4 Å². The maximum Gasteiger partial charge on any atom is 0.157 e. The zero-order chi connectivity index (χ0) is 14.8. The largest absolute Gasteiger partial charge is 0.349 e. The van der Waals surface area contributed by atoms with Crippen molar-refractivity contribution in [3.05, 3.63) is 0 Å². The molecular weight excluding hydrogens is 316 g/mol.